The molecule has 32 heavy (non-hydrogen) atoms. The minimum Gasteiger partial charge on any atom is -0.494 e. The molecule has 0 radical (unpaired) electrons. The van der Waals surface area contributed by atoms with Gasteiger partial charge in [-0.15, -0.1) is 0 Å². The van der Waals surface area contributed by atoms with Gasteiger partial charge >= 0.3 is 0 Å². The van der Waals surface area contributed by atoms with Crippen molar-refractivity contribution in [1.82, 2.24) is 4.90 Å². The van der Waals surface area contributed by atoms with E-state index >= 15 is 0 Å². The van der Waals surface area contributed by atoms with Crippen molar-refractivity contribution in [2.75, 3.05) is 6.61 Å². The number of ether oxygens (including phenoxy) is 1. The van der Waals surface area contributed by atoms with E-state index in [4.69, 9.17) is 4.74 Å². The maximum atomic E-state index is 12.9. The van der Waals surface area contributed by atoms with Crippen LogP contribution in [0.3, 0.4) is 0 Å². The fourth-order valence-corrected chi connectivity index (χ4v) is 4.18. The predicted octanol–water partition coefficient (Wildman–Crippen LogP) is 3.19. The lowest BCUT2D eigenvalue weighted by Gasteiger charge is -2.27. The number of nitrogens with zero attached hydrogens (tertiary/aromatic N) is 1. The van der Waals surface area contributed by atoms with Crippen molar-refractivity contribution in [3.8, 4) is 5.75 Å². The first-order valence-electron chi connectivity index (χ1n) is 10.7. The molecule has 1 saturated carbocycles. The molecule has 1 unspecified atom stereocenters. The van der Waals surface area contributed by atoms with Gasteiger partial charge in [-0.05, 0) is 61.7 Å². The summed E-state index contributed by atoms with van der Waals surface area (Å²) in [5.74, 6) is -0.905. The van der Waals surface area contributed by atoms with Crippen LogP contribution in [-0.2, 0) is 16.0 Å². The van der Waals surface area contributed by atoms with Crippen LogP contribution >= 0.6 is 0 Å². The first-order valence-corrected chi connectivity index (χ1v) is 10.7. The van der Waals surface area contributed by atoms with Crippen molar-refractivity contribution in [3.05, 3.63) is 64.7 Å². The van der Waals surface area contributed by atoms with E-state index in [1.54, 1.807) is 42.5 Å². The predicted molar refractivity (Wildman–Crippen MR) is 115 cm³/mol. The molecule has 0 bridgehead atoms. The van der Waals surface area contributed by atoms with Gasteiger partial charge in [0.25, 0.3) is 11.8 Å². The normalized spacial score (nSPS) is 18.2. The van der Waals surface area contributed by atoms with Gasteiger partial charge in [0.1, 0.15) is 11.5 Å². The van der Waals surface area contributed by atoms with Crippen LogP contribution in [-0.4, -0.2) is 46.7 Å². The van der Waals surface area contributed by atoms with Crippen LogP contribution < -0.4 is 4.74 Å². The molecule has 2 aromatic carbocycles. The van der Waals surface area contributed by atoms with E-state index in [1.807, 2.05) is 6.92 Å². The average molecular weight is 433 g/mol. The van der Waals surface area contributed by atoms with E-state index in [-0.39, 0.29) is 48.4 Å². The van der Waals surface area contributed by atoms with Crippen molar-refractivity contribution in [2.45, 2.75) is 45.1 Å². The Morgan fingerprint density at radius 2 is 1.72 bits per heavy atom. The number of carbonyl (C=O) groups excluding carboxylic acids is 5. The third kappa shape index (κ3) is 4.10. The van der Waals surface area contributed by atoms with Crippen LogP contribution in [0.5, 0.6) is 5.75 Å². The Labute approximate surface area is 185 Å². The Hall–Kier alpha value is -3.61. The quantitative estimate of drug-likeness (QED) is 0.378. The van der Waals surface area contributed by atoms with E-state index in [0.717, 1.165) is 10.5 Å². The number of hydrogen-bond acceptors (Lipinski definition) is 6. The largest absolute Gasteiger partial charge is 0.494 e. The molecular formula is C25H23NO6. The van der Waals surface area contributed by atoms with Crippen LogP contribution in [0, 0.1) is 0 Å². The Balaban J connectivity index is 1.45. The zero-order chi connectivity index (χ0) is 22.8. The second-order valence-corrected chi connectivity index (χ2v) is 7.98. The maximum Gasteiger partial charge on any atom is 0.262 e. The zero-order valence-corrected chi connectivity index (χ0v) is 17.8. The third-order valence-corrected chi connectivity index (χ3v) is 5.86. The second-order valence-electron chi connectivity index (χ2n) is 7.98. The number of aryl methyl sites for hydroxylation is 1. The molecular weight excluding hydrogens is 410 g/mol. The van der Waals surface area contributed by atoms with Crippen molar-refractivity contribution < 1.29 is 28.7 Å². The number of benzene rings is 2. The summed E-state index contributed by atoms with van der Waals surface area (Å²) in [6, 6.07) is 11.0. The van der Waals surface area contributed by atoms with Crippen molar-refractivity contribution in [2.24, 2.45) is 0 Å². The van der Waals surface area contributed by atoms with Gasteiger partial charge in [-0.1, -0.05) is 6.07 Å². The third-order valence-electron chi connectivity index (χ3n) is 5.86. The number of rotatable bonds is 7. The number of ketones is 3. The molecule has 2 aliphatic rings. The summed E-state index contributed by atoms with van der Waals surface area (Å²) in [7, 11) is 0. The summed E-state index contributed by atoms with van der Waals surface area (Å²) >= 11 is 0. The average Bonchev–Trinajstić information content (AvgIpc) is 3.03. The molecule has 7 heteroatoms. The molecule has 1 heterocycles. The summed E-state index contributed by atoms with van der Waals surface area (Å²) in [5.41, 5.74) is 1.83. The lowest BCUT2D eigenvalue weighted by atomic mass is 9.92. The minimum atomic E-state index is -0.884. The molecule has 4 rings (SSSR count). The number of fused-ring (bicyclic) bond motifs is 1. The maximum absolute atomic E-state index is 12.9. The number of hydrogen-bond donors (Lipinski definition) is 0. The molecule has 0 N–H and O–H groups in total. The van der Waals surface area contributed by atoms with Gasteiger partial charge in [0.05, 0.1) is 30.2 Å². The van der Waals surface area contributed by atoms with Crippen LogP contribution in [0.25, 0.3) is 0 Å². The van der Waals surface area contributed by atoms with Gasteiger partial charge in [-0.25, -0.2) is 0 Å². The number of Topliss-reactive ketones (excluding diaryl/α,β-unsaturated/α-hetero) is 3. The molecule has 0 spiro atoms. The number of imide groups is 1. The van der Waals surface area contributed by atoms with Crippen molar-refractivity contribution in [3.63, 3.8) is 0 Å². The fourth-order valence-electron chi connectivity index (χ4n) is 4.18. The van der Waals surface area contributed by atoms with Crippen molar-refractivity contribution in [1.29, 1.82) is 0 Å². The number of carbonyl (C=O) groups is 5. The van der Waals surface area contributed by atoms with E-state index in [0.29, 0.717) is 24.3 Å². The van der Waals surface area contributed by atoms with Gasteiger partial charge in [0, 0.05) is 18.4 Å². The van der Waals surface area contributed by atoms with E-state index in [1.165, 1.54) is 0 Å². The Morgan fingerprint density at radius 3 is 2.41 bits per heavy atom. The van der Waals surface area contributed by atoms with Crippen LogP contribution in [0.1, 0.15) is 69.2 Å². The molecule has 2 aromatic rings. The lowest BCUT2D eigenvalue weighted by Crippen LogP contribution is -2.47. The first kappa shape index (κ1) is 21.6. The lowest BCUT2D eigenvalue weighted by molar-refractivity contribution is -0.132. The molecule has 7 nitrogen and oxygen atoms in total. The Kier molecular flexibility index (Phi) is 5.99. The topological polar surface area (TPSA) is 97.8 Å². The highest BCUT2D eigenvalue weighted by atomic mass is 16.5. The van der Waals surface area contributed by atoms with Gasteiger partial charge in [-0.2, -0.15) is 0 Å². The SMILES string of the molecule is CCOc1ccc(C(=O)CCc2ccc3c(c2)C(=O)N(C2CCC(=O)CC2=O)C3=O)cc1. The summed E-state index contributed by atoms with van der Waals surface area (Å²) in [5, 5.41) is 0. The van der Waals surface area contributed by atoms with Gasteiger partial charge in [0.15, 0.2) is 11.6 Å². The highest BCUT2D eigenvalue weighted by molar-refractivity contribution is 6.23. The highest BCUT2D eigenvalue weighted by Gasteiger charge is 2.44. The molecule has 164 valence electrons. The van der Waals surface area contributed by atoms with Gasteiger partial charge in [-0.3, -0.25) is 28.9 Å². The molecule has 1 fully saturated rings. The van der Waals surface area contributed by atoms with E-state index in [9.17, 15) is 24.0 Å². The first-order chi connectivity index (χ1) is 15.4. The summed E-state index contributed by atoms with van der Waals surface area (Å²) in [4.78, 5) is 63.0. The van der Waals surface area contributed by atoms with Gasteiger partial charge < -0.3 is 4.74 Å². The molecule has 1 aliphatic carbocycles. The smallest absolute Gasteiger partial charge is 0.262 e. The molecule has 2 amide bonds. The Bertz CT molecular complexity index is 1120. The summed E-state index contributed by atoms with van der Waals surface area (Å²) in [6.45, 7) is 2.44. The van der Waals surface area contributed by atoms with Crippen LogP contribution in [0.2, 0.25) is 0 Å². The summed E-state index contributed by atoms with van der Waals surface area (Å²) < 4.78 is 5.38. The standard InChI is InChI=1S/C25H23NO6/c1-2-32-18-8-5-16(6-9-18)22(28)12-4-15-3-10-19-20(13-15)25(31)26(24(19)30)21-11-7-17(27)14-23(21)29/h3,5-6,8-10,13,21H,2,4,7,11-12,14H2,1H3. The fraction of sp³-hybridized carbons (Fsp3) is 0.320. The molecule has 1 aliphatic heterocycles. The van der Waals surface area contributed by atoms with Crippen LogP contribution in [0.4, 0.5) is 0 Å². The molecule has 1 atom stereocenters. The van der Waals surface area contributed by atoms with E-state index < -0.39 is 23.6 Å². The highest BCUT2D eigenvalue weighted by Crippen LogP contribution is 2.30. The minimum absolute atomic E-state index is 0.0324. The number of amides is 2. The van der Waals surface area contributed by atoms with E-state index in [2.05, 4.69) is 0 Å². The van der Waals surface area contributed by atoms with Gasteiger partial charge in [0.2, 0.25) is 0 Å². The Morgan fingerprint density at radius 1 is 1.00 bits per heavy atom. The van der Waals surface area contributed by atoms with Crippen LogP contribution in [0.15, 0.2) is 42.5 Å². The van der Waals surface area contributed by atoms with Crippen molar-refractivity contribution >= 4 is 29.2 Å². The second kappa shape index (κ2) is 8.86. The zero-order valence-electron chi connectivity index (χ0n) is 17.8. The molecule has 0 saturated heterocycles. The summed E-state index contributed by atoms with van der Waals surface area (Å²) in [6.07, 6.45) is 0.784. The monoisotopic (exact) mass is 433 g/mol. The molecule has 0 aromatic heterocycles.